The van der Waals surface area contributed by atoms with Crippen LogP contribution < -0.4 is 5.32 Å². The van der Waals surface area contributed by atoms with Crippen molar-refractivity contribution >= 4 is 17.2 Å². The Labute approximate surface area is 184 Å². The number of nitrogens with one attached hydrogen (secondary N) is 1. The van der Waals surface area contributed by atoms with Gasteiger partial charge in [-0.05, 0) is 55.8 Å². The van der Waals surface area contributed by atoms with E-state index in [9.17, 15) is 4.79 Å². The number of carbonyl (C=O) groups excluding carboxylic acids is 1. The third-order valence-corrected chi connectivity index (χ3v) is 5.18. The van der Waals surface area contributed by atoms with E-state index in [-0.39, 0.29) is 12.3 Å². The van der Waals surface area contributed by atoms with Crippen LogP contribution in [-0.2, 0) is 11.2 Å². The van der Waals surface area contributed by atoms with Crippen LogP contribution in [0.4, 0.5) is 5.69 Å². The maximum atomic E-state index is 12.7. The first-order chi connectivity index (χ1) is 15.6. The number of aromatic nitrogens is 6. The van der Waals surface area contributed by atoms with Crippen LogP contribution >= 0.6 is 0 Å². The number of amides is 1. The van der Waals surface area contributed by atoms with Gasteiger partial charge in [-0.3, -0.25) is 4.79 Å². The van der Waals surface area contributed by atoms with Gasteiger partial charge in [0, 0.05) is 23.1 Å². The minimum atomic E-state index is -0.126. The molecular weight excluding hydrogens is 402 g/mol. The Bertz CT molecular complexity index is 1430. The molecule has 5 rings (SSSR count). The molecule has 0 radical (unpaired) electrons. The summed E-state index contributed by atoms with van der Waals surface area (Å²) in [7, 11) is 0. The summed E-state index contributed by atoms with van der Waals surface area (Å²) in [6, 6.07) is 19.2. The van der Waals surface area contributed by atoms with E-state index in [1.807, 2.05) is 80.7 Å². The third-order valence-electron chi connectivity index (χ3n) is 5.18. The number of hydrogen-bond donors (Lipinski definition) is 1. The fourth-order valence-corrected chi connectivity index (χ4v) is 3.58. The molecule has 0 bridgehead atoms. The van der Waals surface area contributed by atoms with Crippen molar-refractivity contribution in [2.24, 2.45) is 0 Å². The molecule has 5 aromatic rings. The van der Waals surface area contributed by atoms with Crippen molar-refractivity contribution in [3.05, 3.63) is 90.1 Å². The average Bonchev–Trinajstić information content (AvgIpc) is 3.42. The molecule has 1 N–H and O–H groups in total. The van der Waals surface area contributed by atoms with Gasteiger partial charge in [0.15, 0.2) is 11.5 Å². The molecule has 0 fully saturated rings. The zero-order valence-electron chi connectivity index (χ0n) is 17.7. The number of anilines is 1. The second kappa shape index (κ2) is 8.07. The maximum Gasteiger partial charge on any atom is 0.230 e. The number of pyridine rings is 2. The summed E-state index contributed by atoms with van der Waals surface area (Å²) in [6.07, 6.45) is 3.55. The summed E-state index contributed by atoms with van der Waals surface area (Å²) in [5.41, 5.74) is 5.81. The number of para-hydroxylation sites is 1. The van der Waals surface area contributed by atoms with Crippen molar-refractivity contribution in [2.45, 2.75) is 20.3 Å². The molecule has 0 saturated carbocycles. The second-order valence-corrected chi connectivity index (χ2v) is 7.59. The van der Waals surface area contributed by atoms with Gasteiger partial charge in [-0.1, -0.05) is 24.3 Å². The van der Waals surface area contributed by atoms with Crippen LogP contribution in [0.1, 0.15) is 17.0 Å². The Kier molecular flexibility index (Phi) is 4.95. The molecule has 4 aromatic heterocycles. The largest absolute Gasteiger partial charge is 0.326 e. The molecule has 158 valence electrons. The smallest absolute Gasteiger partial charge is 0.230 e. The van der Waals surface area contributed by atoms with E-state index in [0.29, 0.717) is 11.5 Å². The predicted molar refractivity (Wildman–Crippen MR) is 122 cm³/mol. The SMILES string of the molecule is Cc1cccc(-n2nc(CC(=O)Nc3ccccc3C)cc2-c2ccc3ncnn3c2)n1. The molecule has 8 nitrogen and oxygen atoms in total. The van der Waals surface area contributed by atoms with Crippen LogP contribution in [-0.4, -0.2) is 35.3 Å². The summed E-state index contributed by atoms with van der Waals surface area (Å²) in [4.78, 5) is 21.5. The van der Waals surface area contributed by atoms with E-state index < -0.39 is 0 Å². The number of hydrogen-bond acceptors (Lipinski definition) is 5. The fraction of sp³-hybridized carbons (Fsp3) is 0.125. The molecule has 32 heavy (non-hydrogen) atoms. The lowest BCUT2D eigenvalue weighted by Gasteiger charge is -2.08. The quantitative estimate of drug-likeness (QED) is 0.465. The Morgan fingerprint density at radius 1 is 1.03 bits per heavy atom. The van der Waals surface area contributed by atoms with Crippen molar-refractivity contribution in [3.8, 4) is 17.1 Å². The Hall–Kier alpha value is -4.33. The van der Waals surface area contributed by atoms with Crippen molar-refractivity contribution in [3.63, 3.8) is 0 Å². The Morgan fingerprint density at radius 2 is 1.91 bits per heavy atom. The Morgan fingerprint density at radius 3 is 2.75 bits per heavy atom. The number of fused-ring (bicyclic) bond motifs is 1. The summed E-state index contributed by atoms with van der Waals surface area (Å²) < 4.78 is 3.47. The zero-order valence-corrected chi connectivity index (χ0v) is 17.7. The third kappa shape index (κ3) is 3.85. The van der Waals surface area contributed by atoms with Gasteiger partial charge in [0.2, 0.25) is 5.91 Å². The van der Waals surface area contributed by atoms with Gasteiger partial charge in [-0.15, -0.1) is 0 Å². The highest BCUT2D eigenvalue weighted by molar-refractivity contribution is 5.92. The Balaban J connectivity index is 1.52. The van der Waals surface area contributed by atoms with Gasteiger partial charge in [-0.25, -0.2) is 19.2 Å². The van der Waals surface area contributed by atoms with Crippen LogP contribution in [0.25, 0.3) is 22.7 Å². The van der Waals surface area contributed by atoms with Crippen molar-refractivity contribution in [1.29, 1.82) is 0 Å². The number of aryl methyl sites for hydroxylation is 2. The molecule has 0 aliphatic heterocycles. The number of carbonyl (C=O) groups is 1. The van der Waals surface area contributed by atoms with Crippen molar-refractivity contribution < 1.29 is 4.79 Å². The number of nitrogens with zero attached hydrogens (tertiary/aromatic N) is 6. The van der Waals surface area contributed by atoms with E-state index in [2.05, 4.69) is 20.4 Å². The monoisotopic (exact) mass is 423 g/mol. The van der Waals surface area contributed by atoms with E-state index in [4.69, 9.17) is 5.10 Å². The van der Waals surface area contributed by atoms with Crippen LogP contribution in [0.5, 0.6) is 0 Å². The summed E-state index contributed by atoms with van der Waals surface area (Å²) >= 11 is 0. The highest BCUT2D eigenvalue weighted by Gasteiger charge is 2.16. The topological polar surface area (TPSA) is 90.0 Å². The lowest BCUT2D eigenvalue weighted by atomic mass is 10.1. The summed E-state index contributed by atoms with van der Waals surface area (Å²) in [5, 5.41) is 11.9. The molecule has 0 aliphatic rings. The molecule has 0 atom stereocenters. The first-order valence-electron chi connectivity index (χ1n) is 10.2. The van der Waals surface area contributed by atoms with Gasteiger partial charge in [0.1, 0.15) is 6.33 Å². The summed E-state index contributed by atoms with van der Waals surface area (Å²) in [6.45, 7) is 3.90. The first-order valence-corrected chi connectivity index (χ1v) is 10.2. The molecule has 0 aliphatic carbocycles. The van der Waals surface area contributed by atoms with E-state index in [1.54, 1.807) is 9.20 Å². The fourth-order valence-electron chi connectivity index (χ4n) is 3.58. The molecule has 0 saturated heterocycles. The maximum absolute atomic E-state index is 12.7. The van der Waals surface area contributed by atoms with Gasteiger partial charge < -0.3 is 5.32 Å². The van der Waals surface area contributed by atoms with Crippen LogP contribution in [0.3, 0.4) is 0 Å². The van der Waals surface area contributed by atoms with Gasteiger partial charge in [-0.2, -0.15) is 10.2 Å². The van der Waals surface area contributed by atoms with Gasteiger partial charge in [0.25, 0.3) is 0 Å². The average molecular weight is 423 g/mol. The molecule has 8 heteroatoms. The van der Waals surface area contributed by atoms with Crippen LogP contribution in [0.15, 0.2) is 73.2 Å². The van der Waals surface area contributed by atoms with Crippen molar-refractivity contribution in [2.75, 3.05) is 5.32 Å². The molecule has 1 amide bonds. The van der Waals surface area contributed by atoms with E-state index >= 15 is 0 Å². The zero-order chi connectivity index (χ0) is 22.1. The molecule has 4 heterocycles. The minimum absolute atomic E-state index is 0.126. The van der Waals surface area contributed by atoms with Gasteiger partial charge >= 0.3 is 0 Å². The van der Waals surface area contributed by atoms with Crippen LogP contribution in [0, 0.1) is 13.8 Å². The second-order valence-electron chi connectivity index (χ2n) is 7.59. The van der Waals surface area contributed by atoms with Gasteiger partial charge in [0.05, 0.1) is 17.8 Å². The minimum Gasteiger partial charge on any atom is -0.326 e. The van der Waals surface area contributed by atoms with Crippen LogP contribution in [0.2, 0.25) is 0 Å². The highest BCUT2D eigenvalue weighted by Crippen LogP contribution is 2.24. The molecule has 0 unspecified atom stereocenters. The summed E-state index contributed by atoms with van der Waals surface area (Å²) in [5.74, 6) is 0.559. The lowest BCUT2D eigenvalue weighted by Crippen LogP contribution is -2.15. The van der Waals surface area contributed by atoms with E-state index in [1.165, 1.54) is 6.33 Å². The molecule has 1 aromatic carbocycles. The normalized spacial score (nSPS) is 11.1. The van der Waals surface area contributed by atoms with E-state index in [0.717, 1.165) is 33.8 Å². The molecular formula is C24H21N7O. The first kappa shape index (κ1) is 19.6. The lowest BCUT2D eigenvalue weighted by molar-refractivity contribution is -0.115. The standard InChI is InChI=1S/C24H21N7O/c1-16-6-3-4-8-20(16)28-24(32)13-19-12-21(18-10-11-22-25-15-26-30(22)14-18)31(29-19)23-9-5-7-17(2)27-23/h3-12,14-15H,13H2,1-2H3,(H,28,32). The number of rotatable bonds is 5. The number of benzene rings is 1. The van der Waals surface area contributed by atoms with Crippen molar-refractivity contribution in [1.82, 2.24) is 29.4 Å². The molecule has 0 spiro atoms. The predicted octanol–water partition coefficient (Wildman–Crippen LogP) is 3.78. The highest BCUT2D eigenvalue weighted by atomic mass is 16.1.